The van der Waals surface area contributed by atoms with Gasteiger partial charge in [0.05, 0.1) is 8.61 Å². The molecule has 0 bridgehead atoms. The van der Waals surface area contributed by atoms with Crippen LogP contribution < -0.4 is 0 Å². The fourth-order valence-electron chi connectivity index (χ4n) is 1.66. The van der Waals surface area contributed by atoms with Crippen molar-refractivity contribution in [1.82, 2.24) is 0 Å². The third-order valence-corrected chi connectivity index (χ3v) is 6.61. The predicted molar refractivity (Wildman–Crippen MR) is 83.7 cm³/mol. The highest BCUT2D eigenvalue weighted by atomic mass is 79.9. The summed E-state index contributed by atoms with van der Waals surface area (Å²) in [5, 5.41) is 0.819. The molecule has 1 aromatic heterocycles. The minimum absolute atomic E-state index is 0.205. The molecule has 1 aromatic carbocycles. The number of rotatable bonds is 2. The zero-order valence-electron chi connectivity index (χ0n) is 9.43. The van der Waals surface area contributed by atoms with Gasteiger partial charge in [-0.25, -0.2) is 0 Å². The highest BCUT2D eigenvalue weighted by molar-refractivity contribution is 9.11. The lowest BCUT2D eigenvalue weighted by atomic mass is 10.0. The van der Waals surface area contributed by atoms with E-state index in [9.17, 15) is 0 Å². The molecule has 0 radical (unpaired) electrons. The maximum Gasteiger partial charge on any atom is 0.0741 e. The molecule has 0 fully saturated rings. The van der Waals surface area contributed by atoms with Crippen molar-refractivity contribution in [1.29, 1.82) is 0 Å². The molecule has 0 saturated carbocycles. The van der Waals surface area contributed by atoms with Crippen molar-refractivity contribution < 1.29 is 0 Å². The molecule has 0 nitrogen and oxygen atoms in total. The van der Waals surface area contributed by atoms with Crippen molar-refractivity contribution in [3.8, 4) is 0 Å². The first kappa shape index (κ1) is 13.6. The second-order valence-electron chi connectivity index (χ2n) is 3.92. The summed E-state index contributed by atoms with van der Waals surface area (Å²) in [6.07, 6.45) is 0. The van der Waals surface area contributed by atoms with Crippen LogP contribution >= 0.6 is 54.8 Å². The van der Waals surface area contributed by atoms with Crippen molar-refractivity contribution in [2.45, 2.75) is 18.7 Å². The van der Waals surface area contributed by atoms with Crippen molar-refractivity contribution in [3.63, 3.8) is 0 Å². The number of hydrogen-bond acceptors (Lipinski definition) is 1. The molecule has 17 heavy (non-hydrogen) atoms. The molecule has 4 heteroatoms. The zero-order valence-corrected chi connectivity index (χ0v) is 14.2. The highest BCUT2D eigenvalue weighted by Gasteiger charge is 2.17. The third kappa shape index (κ3) is 2.78. The Kier molecular flexibility index (Phi) is 4.35. The van der Waals surface area contributed by atoms with E-state index < -0.39 is 0 Å². The van der Waals surface area contributed by atoms with Crippen LogP contribution in [0.5, 0.6) is 0 Å². The molecule has 0 aliphatic rings. The first-order valence-electron chi connectivity index (χ1n) is 5.15. The number of halogens is 3. The smallest absolute Gasteiger partial charge is 0.0741 e. The monoisotopic (exact) mass is 392 g/mol. The summed E-state index contributed by atoms with van der Waals surface area (Å²) in [4.78, 5) is 1.50. The van der Waals surface area contributed by atoms with Gasteiger partial charge in [0, 0.05) is 9.90 Å². The molecule has 0 spiro atoms. The molecular weight excluding hydrogens is 383 g/mol. The van der Waals surface area contributed by atoms with Crippen LogP contribution in [0.4, 0.5) is 0 Å². The summed E-state index contributed by atoms with van der Waals surface area (Å²) in [5.41, 5.74) is 3.64. The number of hydrogen-bond donors (Lipinski definition) is 0. The van der Waals surface area contributed by atoms with Crippen molar-refractivity contribution >= 4 is 54.8 Å². The van der Waals surface area contributed by atoms with Crippen LogP contribution in [0.1, 0.15) is 26.4 Å². The average molecular weight is 395 g/mol. The third-order valence-electron chi connectivity index (χ3n) is 2.71. The van der Waals surface area contributed by atoms with Crippen molar-refractivity contribution in [2.24, 2.45) is 0 Å². The number of alkyl halides is 1. The summed E-state index contributed by atoms with van der Waals surface area (Å²) < 4.78 is 1.19. The largest absolute Gasteiger partial charge is 0.131 e. The molecule has 0 amide bonds. The van der Waals surface area contributed by atoms with Gasteiger partial charge in [-0.05, 0) is 58.6 Å². The minimum Gasteiger partial charge on any atom is -0.131 e. The summed E-state index contributed by atoms with van der Waals surface area (Å²) in [5.74, 6) is 0. The van der Waals surface area contributed by atoms with Gasteiger partial charge in [0.2, 0.25) is 0 Å². The van der Waals surface area contributed by atoms with Crippen LogP contribution in [0.2, 0.25) is 5.02 Å². The Balaban J connectivity index is 2.43. The first-order chi connectivity index (χ1) is 8.00. The van der Waals surface area contributed by atoms with Crippen LogP contribution in [-0.4, -0.2) is 0 Å². The molecule has 0 aliphatic heterocycles. The van der Waals surface area contributed by atoms with E-state index >= 15 is 0 Å². The molecule has 1 unspecified atom stereocenters. The van der Waals surface area contributed by atoms with Gasteiger partial charge < -0.3 is 0 Å². The van der Waals surface area contributed by atoms with Crippen LogP contribution in [0.3, 0.4) is 0 Å². The first-order valence-corrected chi connectivity index (χ1v) is 8.06. The summed E-state index contributed by atoms with van der Waals surface area (Å²) in [7, 11) is 0. The fraction of sp³-hybridized carbons (Fsp3) is 0.231. The molecule has 90 valence electrons. The Bertz CT molecular complexity index is 529. The Morgan fingerprint density at radius 1 is 1.29 bits per heavy atom. The minimum atomic E-state index is 0.205. The molecule has 2 rings (SSSR count). The van der Waals surface area contributed by atoms with E-state index in [4.69, 9.17) is 11.6 Å². The summed E-state index contributed by atoms with van der Waals surface area (Å²) in [6, 6.07) is 8.24. The normalized spacial score (nSPS) is 12.8. The van der Waals surface area contributed by atoms with E-state index in [0.29, 0.717) is 0 Å². The lowest BCUT2D eigenvalue weighted by molar-refractivity contribution is 1.18. The fourth-order valence-corrected chi connectivity index (χ4v) is 4.32. The quantitative estimate of drug-likeness (QED) is 0.527. The van der Waals surface area contributed by atoms with Gasteiger partial charge in [0.15, 0.2) is 0 Å². The second-order valence-corrected chi connectivity index (χ2v) is 7.65. The van der Waals surface area contributed by atoms with Gasteiger partial charge in [-0.2, -0.15) is 0 Å². The van der Waals surface area contributed by atoms with Gasteiger partial charge in [0.1, 0.15) is 0 Å². The van der Waals surface area contributed by atoms with Crippen LogP contribution in [0.15, 0.2) is 28.1 Å². The SMILES string of the molecule is Cc1cc(C(Br)c2cccc(Cl)c2C)sc1Br. The van der Waals surface area contributed by atoms with Crippen LogP contribution in [-0.2, 0) is 0 Å². The lowest BCUT2D eigenvalue weighted by Crippen LogP contribution is -1.93. The lowest BCUT2D eigenvalue weighted by Gasteiger charge is -2.12. The molecular formula is C13H11Br2ClS. The molecule has 1 heterocycles. The standard InChI is InChI=1S/C13H11Br2ClS/c1-7-6-11(17-13(7)15)12(14)9-4-3-5-10(16)8(9)2/h3-6,12H,1-2H3. The Morgan fingerprint density at radius 2 is 2.00 bits per heavy atom. The molecule has 2 aromatic rings. The predicted octanol–water partition coefficient (Wildman–Crippen LogP) is 6.27. The van der Waals surface area contributed by atoms with Gasteiger partial charge in [0.25, 0.3) is 0 Å². The van der Waals surface area contributed by atoms with Crippen LogP contribution in [0.25, 0.3) is 0 Å². The topological polar surface area (TPSA) is 0 Å². The van der Waals surface area contributed by atoms with E-state index in [-0.39, 0.29) is 4.83 Å². The van der Waals surface area contributed by atoms with E-state index in [0.717, 1.165) is 10.6 Å². The maximum absolute atomic E-state index is 6.16. The average Bonchev–Trinajstić information content (AvgIpc) is 2.62. The Morgan fingerprint density at radius 3 is 2.59 bits per heavy atom. The van der Waals surface area contributed by atoms with E-state index in [1.54, 1.807) is 11.3 Å². The highest BCUT2D eigenvalue weighted by Crippen LogP contribution is 2.40. The molecule has 0 aliphatic carbocycles. The maximum atomic E-state index is 6.16. The van der Waals surface area contributed by atoms with Crippen molar-refractivity contribution in [2.75, 3.05) is 0 Å². The van der Waals surface area contributed by atoms with Gasteiger partial charge in [-0.3, -0.25) is 0 Å². The number of thiophene rings is 1. The summed E-state index contributed by atoms with van der Waals surface area (Å²) in [6.45, 7) is 4.16. The molecule has 1 atom stereocenters. The van der Waals surface area contributed by atoms with Gasteiger partial charge in [-0.1, -0.05) is 39.7 Å². The van der Waals surface area contributed by atoms with Gasteiger partial charge >= 0.3 is 0 Å². The van der Waals surface area contributed by atoms with Crippen LogP contribution in [0, 0.1) is 13.8 Å². The zero-order chi connectivity index (χ0) is 12.6. The Labute approximate surface area is 127 Å². The number of aryl methyl sites for hydroxylation is 1. The van der Waals surface area contributed by atoms with E-state index in [2.05, 4.69) is 57.8 Å². The van der Waals surface area contributed by atoms with E-state index in [1.165, 1.54) is 19.8 Å². The summed E-state index contributed by atoms with van der Waals surface area (Å²) >= 11 is 15.2. The molecule has 0 N–H and O–H groups in total. The number of benzene rings is 1. The van der Waals surface area contributed by atoms with E-state index in [1.807, 2.05) is 12.1 Å². The Hall–Kier alpha value is 0.170. The van der Waals surface area contributed by atoms with Gasteiger partial charge in [-0.15, -0.1) is 11.3 Å². The van der Waals surface area contributed by atoms with Crippen molar-refractivity contribution in [3.05, 3.63) is 54.6 Å². The molecule has 0 saturated heterocycles. The second kappa shape index (κ2) is 5.43.